The van der Waals surface area contributed by atoms with Crippen molar-refractivity contribution in [1.82, 2.24) is 4.90 Å². The summed E-state index contributed by atoms with van der Waals surface area (Å²) in [5.74, 6) is 0.214. The quantitative estimate of drug-likeness (QED) is 0.632. The minimum atomic E-state index is -0.104. The summed E-state index contributed by atoms with van der Waals surface area (Å²) >= 11 is 0. The molecule has 2 saturated heterocycles. The average molecular weight is 287 g/mol. The molecular formula is C17H21NO3. The summed E-state index contributed by atoms with van der Waals surface area (Å²) in [6, 6.07) is 9.38. The van der Waals surface area contributed by atoms with Crippen LogP contribution < -0.4 is 0 Å². The van der Waals surface area contributed by atoms with Crippen molar-refractivity contribution in [2.24, 2.45) is 5.92 Å². The number of likely N-dealkylation sites (tertiary alicyclic amines) is 1. The van der Waals surface area contributed by atoms with Gasteiger partial charge < -0.3 is 4.74 Å². The molecule has 1 aromatic rings. The molecule has 3 rings (SSSR count). The van der Waals surface area contributed by atoms with Crippen molar-refractivity contribution in [3.05, 3.63) is 35.9 Å². The third-order valence-corrected chi connectivity index (χ3v) is 4.54. The number of nitrogens with zero attached hydrogens (tertiary/aromatic N) is 1. The molecule has 0 saturated carbocycles. The van der Waals surface area contributed by atoms with Crippen LogP contribution in [-0.4, -0.2) is 41.9 Å². The summed E-state index contributed by atoms with van der Waals surface area (Å²) < 4.78 is 5.22. The largest absolute Gasteiger partial charge is 0.461 e. The van der Waals surface area contributed by atoms with Crippen LogP contribution in [0.5, 0.6) is 0 Å². The number of hydrogen-bond donors (Lipinski definition) is 0. The molecule has 0 radical (unpaired) electrons. The van der Waals surface area contributed by atoms with Crippen molar-refractivity contribution in [2.45, 2.75) is 38.3 Å². The van der Waals surface area contributed by atoms with E-state index in [0.717, 1.165) is 37.9 Å². The Morgan fingerprint density at radius 3 is 2.43 bits per heavy atom. The molecule has 4 heteroatoms. The van der Waals surface area contributed by atoms with Crippen molar-refractivity contribution in [3.8, 4) is 0 Å². The number of Topliss-reactive ketones (excluding diaryl/α,β-unsaturated/α-hetero) is 1. The third kappa shape index (κ3) is 3.00. The van der Waals surface area contributed by atoms with Gasteiger partial charge in [-0.1, -0.05) is 30.3 Å². The molecule has 1 aromatic carbocycles. The van der Waals surface area contributed by atoms with Crippen LogP contribution in [0.4, 0.5) is 0 Å². The molecule has 2 aliphatic heterocycles. The van der Waals surface area contributed by atoms with E-state index in [1.165, 1.54) is 0 Å². The van der Waals surface area contributed by atoms with Crippen LogP contribution >= 0.6 is 0 Å². The predicted molar refractivity (Wildman–Crippen MR) is 79.0 cm³/mol. The fourth-order valence-corrected chi connectivity index (χ4v) is 3.35. The molecule has 0 aliphatic carbocycles. The Kier molecular flexibility index (Phi) is 4.06. The standard InChI is InChI=1S/C17H21NO3/c1-12-11-15(17(20)21-12)18-9-7-14(8-10-18)16(19)13-5-3-2-4-6-13/h2-6,12,14-15H,7-11H2,1H3/t12-,15+/m0/s1. The van der Waals surface area contributed by atoms with E-state index in [2.05, 4.69) is 4.90 Å². The van der Waals surface area contributed by atoms with Crippen molar-refractivity contribution < 1.29 is 14.3 Å². The Morgan fingerprint density at radius 1 is 1.19 bits per heavy atom. The van der Waals surface area contributed by atoms with E-state index in [0.29, 0.717) is 0 Å². The lowest BCUT2D eigenvalue weighted by Gasteiger charge is -2.33. The highest BCUT2D eigenvalue weighted by atomic mass is 16.6. The molecule has 4 nitrogen and oxygen atoms in total. The Balaban J connectivity index is 1.58. The van der Waals surface area contributed by atoms with E-state index in [4.69, 9.17) is 4.74 Å². The maximum atomic E-state index is 12.4. The summed E-state index contributed by atoms with van der Waals surface area (Å²) in [6.07, 6.45) is 2.44. The number of ether oxygens (including phenoxy) is 1. The Bertz CT molecular complexity index is 520. The van der Waals surface area contributed by atoms with Gasteiger partial charge in [-0.25, -0.2) is 0 Å². The SMILES string of the molecule is C[C@H]1C[C@@H](N2CCC(C(=O)c3ccccc3)CC2)C(=O)O1. The van der Waals surface area contributed by atoms with Gasteiger partial charge in [0, 0.05) is 17.9 Å². The van der Waals surface area contributed by atoms with Gasteiger partial charge in [0.1, 0.15) is 12.1 Å². The molecule has 0 amide bonds. The van der Waals surface area contributed by atoms with E-state index in [1.54, 1.807) is 0 Å². The van der Waals surface area contributed by atoms with Gasteiger partial charge in [0.25, 0.3) is 0 Å². The minimum absolute atomic E-state index is 0.0196. The fraction of sp³-hybridized carbons (Fsp3) is 0.529. The van der Waals surface area contributed by atoms with E-state index in [9.17, 15) is 9.59 Å². The average Bonchev–Trinajstić information content (AvgIpc) is 2.86. The van der Waals surface area contributed by atoms with Crippen LogP contribution in [0, 0.1) is 5.92 Å². The summed E-state index contributed by atoms with van der Waals surface area (Å²) in [7, 11) is 0. The molecule has 0 N–H and O–H groups in total. The normalized spacial score (nSPS) is 27.6. The summed E-state index contributed by atoms with van der Waals surface area (Å²) in [5, 5.41) is 0. The van der Waals surface area contributed by atoms with Crippen molar-refractivity contribution in [2.75, 3.05) is 13.1 Å². The first-order valence-corrected chi connectivity index (χ1v) is 7.69. The third-order valence-electron chi connectivity index (χ3n) is 4.54. The van der Waals surface area contributed by atoms with Gasteiger partial charge in [0.05, 0.1) is 0 Å². The van der Waals surface area contributed by atoms with Crippen molar-refractivity contribution >= 4 is 11.8 Å². The predicted octanol–water partition coefficient (Wildman–Crippen LogP) is 2.29. The van der Waals surface area contributed by atoms with Crippen LogP contribution in [0.2, 0.25) is 0 Å². The monoisotopic (exact) mass is 287 g/mol. The molecule has 0 unspecified atom stereocenters. The van der Waals surface area contributed by atoms with E-state index in [1.807, 2.05) is 37.3 Å². The number of cyclic esters (lactones) is 1. The van der Waals surface area contributed by atoms with E-state index in [-0.39, 0.29) is 29.8 Å². The number of rotatable bonds is 3. The number of carbonyl (C=O) groups is 2. The number of ketones is 1. The van der Waals surface area contributed by atoms with Crippen molar-refractivity contribution in [1.29, 1.82) is 0 Å². The van der Waals surface area contributed by atoms with Crippen LogP contribution in [-0.2, 0) is 9.53 Å². The van der Waals surface area contributed by atoms with Crippen LogP contribution in [0.3, 0.4) is 0 Å². The van der Waals surface area contributed by atoms with Gasteiger partial charge >= 0.3 is 5.97 Å². The van der Waals surface area contributed by atoms with Crippen LogP contribution in [0.15, 0.2) is 30.3 Å². The zero-order valence-corrected chi connectivity index (χ0v) is 12.3. The van der Waals surface area contributed by atoms with Crippen LogP contribution in [0.25, 0.3) is 0 Å². The smallest absolute Gasteiger partial charge is 0.323 e. The second-order valence-corrected chi connectivity index (χ2v) is 6.04. The minimum Gasteiger partial charge on any atom is -0.461 e. The molecule has 0 spiro atoms. The van der Waals surface area contributed by atoms with Crippen molar-refractivity contribution in [3.63, 3.8) is 0 Å². The maximum Gasteiger partial charge on any atom is 0.323 e. The summed E-state index contributed by atoms with van der Waals surface area (Å²) in [6.45, 7) is 3.54. The van der Waals surface area contributed by atoms with Gasteiger partial charge in [-0.2, -0.15) is 0 Å². The molecule has 2 heterocycles. The molecule has 112 valence electrons. The number of benzene rings is 1. The molecular weight excluding hydrogens is 266 g/mol. The van der Waals surface area contributed by atoms with Crippen LogP contribution in [0.1, 0.15) is 36.5 Å². The topological polar surface area (TPSA) is 46.6 Å². The molecule has 2 aliphatic rings. The molecule has 0 bridgehead atoms. The molecule has 21 heavy (non-hydrogen) atoms. The van der Waals surface area contributed by atoms with E-state index >= 15 is 0 Å². The maximum absolute atomic E-state index is 12.4. The number of piperidine rings is 1. The zero-order chi connectivity index (χ0) is 14.8. The lowest BCUT2D eigenvalue weighted by Crippen LogP contribution is -2.44. The molecule has 0 aromatic heterocycles. The number of esters is 1. The highest BCUT2D eigenvalue weighted by Crippen LogP contribution is 2.27. The molecule has 2 atom stereocenters. The van der Waals surface area contributed by atoms with Gasteiger partial charge in [-0.15, -0.1) is 0 Å². The van der Waals surface area contributed by atoms with E-state index < -0.39 is 0 Å². The first kappa shape index (κ1) is 14.3. The second kappa shape index (κ2) is 5.98. The Labute approximate surface area is 125 Å². The number of hydrogen-bond acceptors (Lipinski definition) is 4. The Morgan fingerprint density at radius 2 is 1.86 bits per heavy atom. The Hall–Kier alpha value is -1.68. The molecule has 2 fully saturated rings. The highest BCUT2D eigenvalue weighted by Gasteiger charge is 2.38. The number of carbonyl (C=O) groups excluding carboxylic acids is 2. The second-order valence-electron chi connectivity index (χ2n) is 6.04. The van der Waals surface area contributed by atoms with Gasteiger partial charge in [0.2, 0.25) is 0 Å². The first-order valence-electron chi connectivity index (χ1n) is 7.69. The summed E-state index contributed by atoms with van der Waals surface area (Å²) in [4.78, 5) is 26.4. The van der Waals surface area contributed by atoms with Gasteiger partial charge in [-0.05, 0) is 32.9 Å². The zero-order valence-electron chi connectivity index (χ0n) is 12.3. The highest BCUT2D eigenvalue weighted by molar-refractivity contribution is 5.97. The lowest BCUT2D eigenvalue weighted by atomic mass is 9.88. The summed E-state index contributed by atoms with van der Waals surface area (Å²) in [5.41, 5.74) is 0.796. The first-order chi connectivity index (χ1) is 10.1. The van der Waals surface area contributed by atoms with Gasteiger partial charge in [0.15, 0.2) is 5.78 Å². The fourth-order valence-electron chi connectivity index (χ4n) is 3.35. The lowest BCUT2D eigenvalue weighted by molar-refractivity contribution is -0.145. The van der Waals surface area contributed by atoms with Gasteiger partial charge in [-0.3, -0.25) is 14.5 Å².